The van der Waals surface area contributed by atoms with Crippen molar-refractivity contribution in [3.63, 3.8) is 0 Å². The van der Waals surface area contributed by atoms with Crippen molar-refractivity contribution in [2.45, 2.75) is 26.2 Å². The molecule has 0 aliphatic carbocycles. The minimum absolute atomic E-state index is 1.38. The molecule has 4 rings (SSSR count). The van der Waals surface area contributed by atoms with Crippen LogP contribution in [0.25, 0.3) is 10.9 Å². The number of benzene rings is 3. The molecule has 1 aromatic heterocycles. The molecule has 3 aromatic carbocycles. The Labute approximate surface area is 164 Å². The van der Waals surface area contributed by atoms with Crippen molar-refractivity contribution in [3.05, 3.63) is 91.1 Å². The first-order valence-electron chi connectivity index (χ1n) is 9.64. The molecule has 1 heterocycles. The van der Waals surface area contributed by atoms with E-state index in [4.69, 9.17) is 0 Å². The molecular formula is C24H27NSi2. The molecule has 0 spiro atoms. The van der Waals surface area contributed by atoms with Gasteiger partial charge < -0.3 is 4.23 Å². The average molecular weight is 386 g/mol. The Balaban J connectivity index is 1.95. The molecule has 4 aromatic rings. The highest BCUT2D eigenvalue weighted by atomic mass is 28.3. The summed E-state index contributed by atoms with van der Waals surface area (Å²) in [6.45, 7) is 9.86. The molecule has 0 atom stereocenters. The summed E-state index contributed by atoms with van der Waals surface area (Å²) in [5, 5.41) is 5.93. The van der Waals surface area contributed by atoms with Crippen LogP contribution in [0.2, 0.25) is 26.2 Å². The molecule has 0 N–H and O–H groups in total. The van der Waals surface area contributed by atoms with Crippen LogP contribution in [-0.4, -0.2) is 20.5 Å². The Morgan fingerprint density at radius 2 is 1.11 bits per heavy atom. The smallest absolute Gasteiger partial charge is 0.187 e. The van der Waals surface area contributed by atoms with Crippen LogP contribution < -0.4 is 15.6 Å². The molecule has 0 saturated heterocycles. The van der Waals surface area contributed by atoms with E-state index < -0.39 is 16.3 Å². The van der Waals surface area contributed by atoms with Crippen LogP contribution in [0.3, 0.4) is 0 Å². The maximum Gasteiger partial charge on any atom is 0.187 e. The summed E-state index contributed by atoms with van der Waals surface area (Å²) in [5.41, 5.74) is 1.38. The molecule has 27 heavy (non-hydrogen) atoms. The standard InChI is InChI=1S/C24H27NSi2/c1-26(2,20-13-7-5-8-14-20)24-19-25(23-18-12-11-17-22(23)24)27(3,4)21-15-9-6-10-16-21/h5-19H,1-4H3. The Morgan fingerprint density at radius 1 is 0.593 bits per heavy atom. The van der Waals surface area contributed by atoms with Gasteiger partial charge in [-0.1, -0.05) is 97.1 Å². The van der Waals surface area contributed by atoms with Crippen molar-refractivity contribution in [1.29, 1.82) is 0 Å². The number of nitrogens with zero attached hydrogens (tertiary/aromatic N) is 1. The van der Waals surface area contributed by atoms with Crippen LogP contribution in [0, 0.1) is 0 Å². The Hall–Kier alpha value is -2.37. The molecular weight excluding hydrogens is 358 g/mol. The predicted octanol–water partition coefficient (Wildman–Crippen LogP) is 4.42. The molecule has 1 nitrogen and oxygen atoms in total. The zero-order valence-corrected chi connectivity index (χ0v) is 18.6. The van der Waals surface area contributed by atoms with Gasteiger partial charge in [0.05, 0.1) is 0 Å². The largest absolute Gasteiger partial charge is 0.370 e. The van der Waals surface area contributed by atoms with Gasteiger partial charge in [0.15, 0.2) is 8.24 Å². The first-order valence-corrected chi connectivity index (χ1v) is 15.6. The molecule has 0 aliphatic rings. The lowest BCUT2D eigenvalue weighted by Gasteiger charge is -2.27. The second kappa shape index (κ2) is 6.66. The van der Waals surface area contributed by atoms with Gasteiger partial charge in [0, 0.05) is 5.52 Å². The molecule has 0 radical (unpaired) electrons. The number of rotatable bonds is 4. The van der Waals surface area contributed by atoms with Gasteiger partial charge in [0.1, 0.15) is 8.07 Å². The summed E-state index contributed by atoms with van der Waals surface area (Å²) in [7, 11) is -3.62. The molecule has 0 bridgehead atoms. The quantitative estimate of drug-likeness (QED) is 0.458. The lowest BCUT2D eigenvalue weighted by atomic mass is 10.2. The van der Waals surface area contributed by atoms with Crippen molar-refractivity contribution >= 4 is 42.8 Å². The summed E-state index contributed by atoms with van der Waals surface area (Å²) in [5.74, 6) is 0. The second-order valence-electron chi connectivity index (χ2n) is 8.35. The minimum atomic E-state index is -1.84. The summed E-state index contributed by atoms with van der Waals surface area (Å²) < 4.78 is 2.62. The zero-order chi connectivity index (χ0) is 19.1. The normalized spacial score (nSPS) is 12.4. The van der Waals surface area contributed by atoms with E-state index in [0.717, 1.165) is 0 Å². The van der Waals surface area contributed by atoms with E-state index >= 15 is 0 Å². The molecule has 3 heteroatoms. The Bertz CT molecular complexity index is 978. The SMILES string of the molecule is C[Si](C)(c1ccccc1)c1cn([Si](C)(C)c2ccccc2)c2ccccc12. The monoisotopic (exact) mass is 385 g/mol. The van der Waals surface area contributed by atoms with Gasteiger partial charge >= 0.3 is 0 Å². The van der Waals surface area contributed by atoms with Crippen molar-refractivity contribution in [3.8, 4) is 0 Å². The number of hydrogen-bond donors (Lipinski definition) is 0. The summed E-state index contributed by atoms with van der Waals surface area (Å²) in [6, 6.07) is 31.1. The third kappa shape index (κ3) is 3.01. The highest BCUT2D eigenvalue weighted by Gasteiger charge is 2.33. The van der Waals surface area contributed by atoms with Gasteiger partial charge in [-0.2, -0.15) is 0 Å². The number of aromatic nitrogens is 1. The van der Waals surface area contributed by atoms with E-state index in [1.807, 2.05) is 0 Å². The van der Waals surface area contributed by atoms with Crippen molar-refractivity contribution in [2.24, 2.45) is 0 Å². The van der Waals surface area contributed by atoms with Crippen molar-refractivity contribution in [2.75, 3.05) is 0 Å². The van der Waals surface area contributed by atoms with E-state index in [9.17, 15) is 0 Å². The average Bonchev–Trinajstić information content (AvgIpc) is 3.11. The van der Waals surface area contributed by atoms with Crippen molar-refractivity contribution in [1.82, 2.24) is 4.23 Å². The lowest BCUT2D eigenvalue weighted by molar-refractivity contribution is 1.22. The predicted molar refractivity (Wildman–Crippen MR) is 124 cm³/mol. The fraction of sp³-hybridized carbons (Fsp3) is 0.167. The maximum absolute atomic E-state index is 2.62. The lowest BCUT2D eigenvalue weighted by Crippen LogP contribution is -2.53. The van der Waals surface area contributed by atoms with E-state index in [0.29, 0.717) is 0 Å². The zero-order valence-electron chi connectivity index (χ0n) is 16.6. The molecule has 0 saturated carbocycles. The maximum atomic E-state index is 2.62. The number of hydrogen-bond acceptors (Lipinski definition) is 0. The molecule has 0 amide bonds. The number of para-hydroxylation sites is 1. The fourth-order valence-electron chi connectivity index (χ4n) is 4.14. The van der Waals surface area contributed by atoms with Gasteiger partial charge in [-0.25, -0.2) is 0 Å². The molecule has 136 valence electrons. The minimum Gasteiger partial charge on any atom is -0.370 e. The van der Waals surface area contributed by atoms with Crippen LogP contribution >= 0.6 is 0 Å². The number of fused-ring (bicyclic) bond motifs is 1. The second-order valence-corrected chi connectivity index (χ2v) is 16.9. The highest BCUT2D eigenvalue weighted by Crippen LogP contribution is 2.22. The first-order chi connectivity index (χ1) is 12.9. The van der Waals surface area contributed by atoms with Crippen LogP contribution in [0.15, 0.2) is 91.1 Å². The topological polar surface area (TPSA) is 4.93 Å². The van der Waals surface area contributed by atoms with E-state index in [1.165, 1.54) is 21.3 Å². The molecule has 0 unspecified atom stereocenters. The first kappa shape index (κ1) is 18.0. The van der Waals surface area contributed by atoms with Crippen LogP contribution in [0.1, 0.15) is 0 Å². The third-order valence-electron chi connectivity index (χ3n) is 5.96. The van der Waals surface area contributed by atoms with Crippen LogP contribution in [0.4, 0.5) is 0 Å². The van der Waals surface area contributed by atoms with Gasteiger partial charge in [-0.15, -0.1) is 0 Å². The molecule has 0 fully saturated rings. The van der Waals surface area contributed by atoms with Crippen LogP contribution in [-0.2, 0) is 0 Å². The molecule has 0 aliphatic heterocycles. The Morgan fingerprint density at radius 3 is 1.74 bits per heavy atom. The van der Waals surface area contributed by atoms with Gasteiger partial charge in [0.25, 0.3) is 0 Å². The van der Waals surface area contributed by atoms with Gasteiger partial charge in [-0.05, 0) is 41.1 Å². The fourth-order valence-corrected chi connectivity index (χ4v) is 9.47. The summed E-state index contributed by atoms with van der Waals surface area (Å²) in [6.07, 6.45) is 2.49. The van der Waals surface area contributed by atoms with E-state index in [1.54, 1.807) is 5.19 Å². The summed E-state index contributed by atoms with van der Waals surface area (Å²) in [4.78, 5) is 0. The van der Waals surface area contributed by atoms with Gasteiger partial charge in [-0.3, -0.25) is 0 Å². The van der Waals surface area contributed by atoms with E-state index in [-0.39, 0.29) is 0 Å². The Kier molecular flexibility index (Phi) is 4.45. The van der Waals surface area contributed by atoms with Gasteiger partial charge in [0.2, 0.25) is 0 Å². The van der Waals surface area contributed by atoms with Crippen molar-refractivity contribution < 1.29 is 0 Å². The third-order valence-corrected chi connectivity index (χ3v) is 12.8. The highest BCUT2D eigenvalue weighted by molar-refractivity contribution is 7.02. The summed E-state index contributed by atoms with van der Waals surface area (Å²) >= 11 is 0. The van der Waals surface area contributed by atoms with E-state index in [2.05, 4.69) is 122 Å². The van der Waals surface area contributed by atoms with Crippen LogP contribution in [0.5, 0.6) is 0 Å².